The van der Waals surface area contributed by atoms with E-state index in [1.165, 1.54) is 30.2 Å². The van der Waals surface area contributed by atoms with Gasteiger partial charge in [-0.15, -0.1) is 0 Å². The van der Waals surface area contributed by atoms with E-state index in [1.54, 1.807) is 12.1 Å². The number of benzene rings is 1. The predicted octanol–water partition coefficient (Wildman–Crippen LogP) is 2.10. The summed E-state index contributed by atoms with van der Waals surface area (Å²) in [5, 5.41) is 0. The topological polar surface area (TPSA) is 34.1 Å². The zero-order chi connectivity index (χ0) is 11.3. The molecular formula is C10H13FO2S2. The number of sulfone groups is 1. The van der Waals surface area contributed by atoms with Crippen molar-refractivity contribution in [2.45, 2.75) is 5.75 Å². The van der Waals surface area contributed by atoms with Crippen LogP contribution >= 0.6 is 11.8 Å². The minimum Gasteiger partial charge on any atom is -0.229 e. The maximum atomic E-state index is 12.5. The van der Waals surface area contributed by atoms with Gasteiger partial charge in [0, 0.05) is 17.8 Å². The van der Waals surface area contributed by atoms with Gasteiger partial charge in [0.1, 0.15) is 15.7 Å². The summed E-state index contributed by atoms with van der Waals surface area (Å²) in [5.41, 5.74) is 1.01. The summed E-state index contributed by atoms with van der Waals surface area (Å²) in [5.74, 6) is 1.24. The smallest absolute Gasteiger partial charge is 0.148 e. The lowest BCUT2D eigenvalue weighted by Crippen LogP contribution is -2.05. The first kappa shape index (κ1) is 12.5. The average Bonchev–Trinajstić information content (AvgIpc) is 2.14. The van der Waals surface area contributed by atoms with Gasteiger partial charge in [0.2, 0.25) is 0 Å². The Morgan fingerprint density at radius 1 is 1.27 bits per heavy atom. The number of thioether (sulfide) groups is 1. The summed E-state index contributed by atoms with van der Waals surface area (Å²) in [6, 6.07) is 6.24. The van der Waals surface area contributed by atoms with E-state index in [0.717, 1.165) is 11.3 Å². The van der Waals surface area contributed by atoms with Crippen molar-refractivity contribution in [3.05, 3.63) is 35.6 Å². The van der Waals surface area contributed by atoms with Gasteiger partial charge in [0.05, 0.1) is 5.75 Å². The van der Waals surface area contributed by atoms with Gasteiger partial charge in [0.25, 0.3) is 0 Å². The third-order valence-corrected chi connectivity index (χ3v) is 4.01. The van der Waals surface area contributed by atoms with Crippen LogP contribution in [-0.4, -0.2) is 26.2 Å². The van der Waals surface area contributed by atoms with E-state index >= 15 is 0 Å². The summed E-state index contributed by atoms with van der Waals surface area (Å²) >= 11 is 1.54. The lowest BCUT2D eigenvalue weighted by molar-refractivity contribution is 0.603. The molecule has 0 aliphatic rings. The van der Waals surface area contributed by atoms with Gasteiger partial charge in [-0.1, -0.05) is 12.1 Å². The molecular weight excluding hydrogens is 235 g/mol. The maximum absolute atomic E-state index is 12.5. The average molecular weight is 248 g/mol. The van der Waals surface area contributed by atoms with Crippen LogP contribution in [0.5, 0.6) is 0 Å². The van der Waals surface area contributed by atoms with Gasteiger partial charge in [-0.05, 0) is 17.7 Å². The Morgan fingerprint density at radius 3 is 2.40 bits per heavy atom. The molecule has 0 amide bonds. The van der Waals surface area contributed by atoms with Gasteiger partial charge in [-0.3, -0.25) is 0 Å². The van der Waals surface area contributed by atoms with Crippen LogP contribution in [0.15, 0.2) is 24.3 Å². The van der Waals surface area contributed by atoms with E-state index in [0.29, 0.717) is 5.75 Å². The van der Waals surface area contributed by atoms with Crippen LogP contribution in [0, 0.1) is 5.82 Å². The second-order valence-electron chi connectivity index (χ2n) is 3.31. The summed E-state index contributed by atoms with van der Waals surface area (Å²) in [7, 11) is -2.87. The fourth-order valence-electron chi connectivity index (χ4n) is 0.981. The van der Waals surface area contributed by atoms with Crippen molar-refractivity contribution < 1.29 is 12.8 Å². The Bertz CT molecular complexity index is 398. The molecule has 0 saturated carbocycles. The normalized spacial score (nSPS) is 11.6. The largest absolute Gasteiger partial charge is 0.229 e. The molecule has 1 aromatic carbocycles. The molecule has 0 fully saturated rings. The standard InChI is InChI=1S/C10H13FO2S2/c1-15(12,13)7-6-14-8-9-2-4-10(11)5-3-9/h2-5H,6-8H2,1H3. The Kier molecular flexibility index (Phi) is 4.60. The highest BCUT2D eigenvalue weighted by Crippen LogP contribution is 2.12. The molecule has 0 atom stereocenters. The van der Waals surface area contributed by atoms with E-state index in [4.69, 9.17) is 0 Å². The minimum absolute atomic E-state index is 0.193. The molecule has 0 aliphatic heterocycles. The Balaban J connectivity index is 2.29. The molecule has 84 valence electrons. The van der Waals surface area contributed by atoms with Crippen molar-refractivity contribution >= 4 is 21.6 Å². The van der Waals surface area contributed by atoms with E-state index < -0.39 is 9.84 Å². The van der Waals surface area contributed by atoms with Gasteiger partial charge < -0.3 is 0 Å². The second-order valence-corrected chi connectivity index (χ2v) is 6.67. The van der Waals surface area contributed by atoms with Crippen LogP contribution < -0.4 is 0 Å². The molecule has 0 radical (unpaired) electrons. The first-order chi connectivity index (χ1) is 6.97. The lowest BCUT2D eigenvalue weighted by Gasteiger charge is -2.01. The Hall–Kier alpha value is -0.550. The van der Waals surface area contributed by atoms with Crippen LogP contribution in [-0.2, 0) is 15.6 Å². The van der Waals surface area contributed by atoms with Crippen molar-refractivity contribution in [1.29, 1.82) is 0 Å². The van der Waals surface area contributed by atoms with E-state index in [1.807, 2.05) is 0 Å². The van der Waals surface area contributed by atoms with Crippen LogP contribution in [0.3, 0.4) is 0 Å². The van der Waals surface area contributed by atoms with Crippen molar-refractivity contribution in [1.82, 2.24) is 0 Å². The lowest BCUT2D eigenvalue weighted by atomic mass is 10.2. The number of rotatable bonds is 5. The van der Waals surface area contributed by atoms with Crippen molar-refractivity contribution in [2.24, 2.45) is 0 Å². The SMILES string of the molecule is CS(=O)(=O)CCSCc1ccc(F)cc1. The van der Waals surface area contributed by atoms with E-state index in [-0.39, 0.29) is 11.6 Å². The van der Waals surface area contributed by atoms with Gasteiger partial charge >= 0.3 is 0 Å². The second kappa shape index (κ2) is 5.51. The third-order valence-electron chi connectivity index (χ3n) is 1.78. The fourth-order valence-corrected chi connectivity index (χ4v) is 3.24. The number of hydrogen-bond acceptors (Lipinski definition) is 3. The van der Waals surface area contributed by atoms with E-state index in [9.17, 15) is 12.8 Å². The monoisotopic (exact) mass is 248 g/mol. The molecule has 15 heavy (non-hydrogen) atoms. The summed E-state index contributed by atoms with van der Waals surface area (Å²) in [4.78, 5) is 0. The predicted molar refractivity (Wildman–Crippen MR) is 62.3 cm³/mol. The minimum atomic E-state index is -2.87. The molecule has 0 heterocycles. The molecule has 0 spiro atoms. The van der Waals surface area contributed by atoms with Crippen LogP contribution in [0.4, 0.5) is 4.39 Å². The van der Waals surface area contributed by atoms with Gasteiger partial charge in [-0.25, -0.2) is 12.8 Å². The van der Waals surface area contributed by atoms with Crippen LogP contribution in [0.2, 0.25) is 0 Å². The maximum Gasteiger partial charge on any atom is 0.148 e. The highest BCUT2D eigenvalue weighted by Gasteiger charge is 2.01. The molecule has 0 aliphatic carbocycles. The first-order valence-corrected chi connectivity index (χ1v) is 7.69. The molecule has 1 aromatic rings. The summed E-state index contributed by atoms with van der Waals surface area (Å²) < 4.78 is 34.2. The molecule has 0 N–H and O–H groups in total. The van der Waals surface area contributed by atoms with Crippen LogP contribution in [0.1, 0.15) is 5.56 Å². The highest BCUT2D eigenvalue weighted by atomic mass is 32.2. The molecule has 5 heteroatoms. The molecule has 0 unspecified atom stereocenters. The zero-order valence-corrected chi connectivity index (χ0v) is 10.1. The Labute approximate surface area is 93.8 Å². The molecule has 0 saturated heterocycles. The molecule has 0 aromatic heterocycles. The highest BCUT2D eigenvalue weighted by molar-refractivity contribution is 7.99. The van der Waals surface area contributed by atoms with Crippen molar-refractivity contribution in [2.75, 3.05) is 17.8 Å². The van der Waals surface area contributed by atoms with Gasteiger partial charge in [-0.2, -0.15) is 11.8 Å². The van der Waals surface area contributed by atoms with Crippen molar-refractivity contribution in [3.63, 3.8) is 0 Å². The fraction of sp³-hybridized carbons (Fsp3) is 0.400. The molecule has 0 bridgehead atoms. The molecule has 2 nitrogen and oxygen atoms in total. The van der Waals surface area contributed by atoms with Gasteiger partial charge in [0.15, 0.2) is 0 Å². The van der Waals surface area contributed by atoms with Crippen LogP contribution in [0.25, 0.3) is 0 Å². The summed E-state index contributed by atoms with van der Waals surface area (Å²) in [6.45, 7) is 0. The third kappa shape index (κ3) is 5.79. The first-order valence-electron chi connectivity index (χ1n) is 4.47. The molecule has 1 rings (SSSR count). The number of hydrogen-bond donors (Lipinski definition) is 0. The quantitative estimate of drug-likeness (QED) is 0.748. The summed E-state index contributed by atoms with van der Waals surface area (Å²) in [6.07, 6.45) is 1.23. The van der Waals surface area contributed by atoms with Crippen molar-refractivity contribution in [3.8, 4) is 0 Å². The van der Waals surface area contributed by atoms with E-state index in [2.05, 4.69) is 0 Å². The number of halogens is 1. The zero-order valence-electron chi connectivity index (χ0n) is 8.44. The Morgan fingerprint density at radius 2 is 1.87 bits per heavy atom.